The summed E-state index contributed by atoms with van der Waals surface area (Å²) in [6, 6.07) is 21.1. The maximum atomic E-state index is 14.0. The van der Waals surface area contributed by atoms with Gasteiger partial charge in [-0.1, -0.05) is 82.7 Å². The molecule has 0 N–H and O–H groups in total. The van der Waals surface area contributed by atoms with Crippen LogP contribution in [-0.4, -0.2) is 19.6 Å². The summed E-state index contributed by atoms with van der Waals surface area (Å²) in [5, 5.41) is 10.2. The second kappa shape index (κ2) is 10.5. The van der Waals surface area contributed by atoms with Gasteiger partial charge in [0.05, 0.1) is 15.4 Å². The predicted octanol–water partition coefficient (Wildman–Crippen LogP) is 5.85. The molecule has 1 unspecified atom stereocenters. The van der Waals surface area contributed by atoms with Gasteiger partial charge in [-0.05, 0) is 23.3 Å². The SMILES string of the molecule is C=CC(c1ccccc1[N+](=O)[O-])S(=O)(=O)C(Cc1ccc(Br)cc1)=C(C=O)c1ccccc1. The topological polar surface area (TPSA) is 94.3 Å². The van der Waals surface area contributed by atoms with Crippen LogP contribution in [0.25, 0.3) is 5.57 Å². The van der Waals surface area contributed by atoms with Crippen molar-refractivity contribution >= 4 is 43.3 Å². The second-order valence-electron chi connectivity index (χ2n) is 7.14. The van der Waals surface area contributed by atoms with Crippen LogP contribution in [0.4, 0.5) is 5.69 Å². The number of carbonyl (C=O) groups is 1. The smallest absolute Gasteiger partial charge is 0.274 e. The third-order valence-corrected chi connectivity index (χ3v) is 7.81. The quantitative estimate of drug-likeness (QED) is 0.115. The molecule has 0 bridgehead atoms. The van der Waals surface area contributed by atoms with E-state index in [1.807, 2.05) is 0 Å². The fourth-order valence-electron chi connectivity index (χ4n) is 3.52. The third kappa shape index (κ3) is 5.35. The molecule has 0 radical (unpaired) electrons. The molecule has 0 aliphatic rings. The van der Waals surface area contributed by atoms with Crippen LogP contribution in [0, 0.1) is 10.1 Å². The summed E-state index contributed by atoms with van der Waals surface area (Å²) in [7, 11) is -4.28. The third-order valence-electron chi connectivity index (χ3n) is 5.11. The summed E-state index contributed by atoms with van der Waals surface area (Å²) >= 11 is 3.35. The van der Waals surface area contributed by atoms with Crippen LogP contribution in [0.5, 0.6) is 0 Å². The molecule has 1 atom stereocenters. The van der Waals surface area contributed by atoms with E-state index in [0.29, 0.717) is 17.4 Å². The zero-order chi connectivity index (χ0) is 24.0. The number of carbonyl (C=O) groups excluding carboxylic acids is 1. The molecule has 6 nitrogen and oxygen atoms in total. The summed E-state index contributed by atoms with van der Waals surface area (Å²) in [6.45, 7) is 3.64. The van der Waals surface area contributed by atoms with Crippen LogP contribution in [0.1, 0.15) is 21.9 Å². The Balaban J connectivity index is 2.27. The minimum Gasteiger partial charge on any atom is -0.298 e. The summed E-state index contributed by atoms with van der Waals surface area (Å²) in [5.74, 6) is 0. The number of rotatable bonds is 9. The van der Waals surface area contributed by atoms with Crippen LogP contribution in [0.3, 0.4) is 0 Å². The highest BCUT2D eigenvalue weighted by atomic mass is 79.9. The van der Waals surface area contributed by atoms with Gasteiger partial charge in [-0.3, -0.25) is 14.9 Å². The first-order valence-corrected chi connectivity index (χ1v) is 12.2. The Kier molecular flexibility index (Phi) is 7.73. The molecule has 0 amide bonds. The summed E-state index contributed by atoms with van der Waals surface area (Å²) in [6.07, 6.45) is 1.61. The second-order valence-corrected chi connectivity index (χ2v) is 10.1. The number of halogens is 1. The molecule has 0 saturated carbocycles. The van der Waals surface area contributed by atoms with Crippen molar-refractivity contribution in [2.45, 2.75) is 11.7 Å². The van der Waals surface area contributed by atoms with Crippen LogP contribution in [-0.2, 0) is 21.1 Å². The Morgan fingerprint density at radius 3 is 2.18 bits per heavy atom. The molecule has 0 aliphatic carbocycles. The lowest BCUT2D eigenvalue weighted by Gasteiger charge is -2.19. The molecule has 3 aromatic rings. The Morgan fingerprint density at radius 2 is 1.61 bits per heavy atom. The van der Waals surface area contributed by atoms with Gasteiger partial charge < -0.3 is 0 Å². The van der Waals surface area contributed by atoms with E-state index >= 15 is 0 Å². The number of hydrogen-bond acceptors (Lipinski definition) is 5. The van der Waals surface area contributed by atoms with Gasteiger partial charge in [0, 0.05) is 22.5 Å². The molecule has 0 heterocycles. The summed E-state index contributed by atoms with van der Waals surface area (Å²) < 4.78 is 28.7. The van der Waals surface area contributed by atoms with E-state index in [1.54, 1.807) is 54.6 Å². The number of aldehydes is 1. The summed E-state index contributed by atoms with van der Waals surface area (Å²) in [4.78, 5) is 23.0. The van der Waals surface area contributed by atoms with Gasteiger partial charge in [-0.15, -0.1) is 6.58 Å². The number of nitro groups is 1. The maximum Gasteiger partial charge on any atom is 0.274 e. The minimum atomic E-state index is -4.28. The van der Waals surface area contributed by atoms with Gasteiger partial charge in [-0.25, -0.2) is 8.42 Å². The Bertz CT molecular complexity index is 1320. The van der Waals surface area contributed by atoms with Crippen LogP contribution < -0.4 is 0 Å². The van der Waals surface area contributed by atoms with Crippen molar-refractivity contribution in [3.05, 3.63) is 128 Å². The van der Waals surface area contributed by atoms with E-state index < -0.39 is 20.0 Å². The minimum absolute atomic E-state index is 0.00366. The van der Waals surface area contributed by atoms with Gasteiger partial charge in [0.2, 0.25) is 0 Å². The number of nitrogens with zero attached hydrogens (tertiary/aromatic N) is 1. The van der Waals surface area contributed by atoms with Gasteiger partial charge in [0.25, 0.3) is 5.69 Å². The molecule has 0 aliphatic heterocycles. The van der Waals surface area contributed by atoms with Gasteiger partial charge in [-0.2, -0.15) is 0 Å². The number of allylic oxidation sites excluding steroid dienone is 2. The molecular weight excluding hydrogens is 506 g/mol. The average Bonchev–Trinajstić information content (AvgIpc) is 2.81. The Labute approximate surface area is 200 Å². The van der Waals surface area contributed by atoms with Gasteiger partial charge in [0.15, 0.2) is 16.1 Å². The van der Waals surface area contributed by atoms with Crippen LogP contribution in [0.2, 0.25) is 0 Å². The molecular formula is C25H20BrNO5S. The highest BCUT2D eigenvalue weighted by Gasteiger charge is 2.35. The molecule has 33 heavy (non-hydrogen) atoms. The van der Waals surface area contributed by atoms with Crippen LogP contribution >= 0.6 is 15.9 Å². The van der Waals surface area contributed by atoms with Crippen molar-refractivity contribution in [2.75, 3.05) is 0 Å². The number of para-hydroxylation sites is 1. The van der Waals surface area contributed by atoms with Crippen molar-refractivity contribution in [3.63, 3.8) is 0 Å². The van der Waals surface area contributed by atoms with Crippen molar-refractivity contribution in [2.24, 2.45) is 0 Å². The largest absolute Gasteiger partial charge is 0.298 e. The normalized spacial score (nSPS) is 13.0. The molecule has 8 heteroatoms. The molecule has 0 spiro atoms. The Morgan fingerprint density at radius 1 is 1.00 bits per heavy atom. The van der Waals surface area contributed by atoms with Crippen molar-refractivity contribution in [1.29, 1.82) is 0 Å². The number of sulfone groups is 1. The molecule has 0 saturated heterocycles. The number of hydrogen-bond donors (Lipinski definition) is 0. The Hall–Kier alpha value is -3.36. The van der Waals surface area contributed by atoms with Crippen molar-refractivity contribution in [1.82, 2.24) is 0 Å². The predicted molar refractivity (Wildman–Crippen MR) is 132 cm³/mol. The molecule has 0 fully saturated rings. The standard InChI is InChI=1S/C25H20BrNO5S/c1-2-24(21-10-6-7-11-23(21)27(29)30)33(31,32)25(16-18-12-14-20(26)15-13-18)22(17-28)19-8-4-3-5-9-19/h2-15,17,24H,1,16H2. The van der Waals surface area contributed by atoms with Crippen molar-refractivity contribution < 1.29 is 18.1 Å². The fourth-order valence-corrected chi connectivity index (χ4v) is 5.72. The van der Waals surface area contributed by atoms with E-state index in [4.69, 9.17) is 0 Å². The van der Waals surface area contributed by atoms with Gasteiger partial charge >= 0.3 is 0 Å². The molecule has 168 valence electrons. The van der Waals surface area contributed by atoms with Crippen LogP contribution in [0.15, 0.2) is 101 Å². The first-order valence-electron chi connectivity index (χ1n) is 9.87. The highest BCUT2D eigenvalue weighted by Crippen LogP contribution is 2.38. The average molecular weight is 526 g/mol. The fraction of sp³-hybridized carbons (Fsp3) is 0.0800. The molecule has 0 aromatic heterocycles. The molecule has 3 rings (SSSR count). The first-order chi connectivity index (χ1) is 15.8. The van der Waals surface area contributed by atoms with E-state index in [9.17, 15) is 23.3 Å². The van der Waals surface area contributed by atoms with E-state index in [-0.39, 0.29) is 28.1 Å². The number of nitro benzene ring substituents is 1. The monoisotopic (exact) mass is 525 g/mol. The van der Waals surface area contributed by atoms with E-state index in [2.05, 4.69) is 22.5 Å². The zero-order valence-corrected chi connectivity index (χ0v) is 19.8. The lowest BCUT2D eigenvalue weighted by Crippen LogP contribution is -2.18. The zero-order valence-electron chi connectivity index (χ0n) is 17.4. The first kappa shape index (κ1) is 24.3. The van der Waals surface area contributed by atoms with E-state index in [1.165, 1.54) is 24.3 Å². The van der Waals surface area contributed by atoms with E-state index in [0.717, 1.165) is 10.5 Å². The highest BCUT2D eigenvalue weighted by molar-refractivity contribution is 9.10. The summed E-state index contributed by atoms with van der Waals surface area (Å²) in [5.41, 5.74) is 0.764. The lowest BCUT2D eigenvalue weighted by molar-refractivity contribution is -0.385. The van der Waals surface area contributed by atoms with Crippen molar-refractivity contribution in [3.8, 4) is 0 Å². The number of benzene rings is 3. The van der Waals surface area contributed by atoms with Gasteiger partial charge in [0.1, 0.15) is 5.25 Å². The molecule has 3 aromatic carbocycles. The lowest BCUT2D eigenvalue weighted by atomic mass is 10.0. The maximum absolute atomic E-state index is 14.0.